The Morgan fingerprint density at radius 2 is 2.04 bits per heavy atom. The van der Waals surface area contributed by atoms with Crippen molar-refractivity contribution < 1.29 is 4.79 Å². The molecule has 4 heterocycles. The van der Waals surface area contributed by atoms with Crippen LogP contribution >= 0.6 is 0 Å². The molecule has 0 unspecified atom stereocenters. The van der Waals surface area contributed by atoms with Gasteiger partial charge < -0.3 is 10.2 Å². The molecular formula is C21H25N5O. The number of anilines is 2. The summed E-state index contributed by atoms with van der Waals surface area (Å²) < 4.78 is 0. The van der Waals surface area contributed by atoms with E-state index in [4.69, 9.17) is 4.98 Å². The fraction of sp³-hybridized carbons (Fsp3) is 0.476. The van der Waals surface area contributed by atoms with Crippen LogP contribution in [0.3, 0.4) is 0 Å². The maximum atomic E-state index is 13.2. The number of hydrogen-bond donors (Lipinski definition) is 1. The van der Waals surface area contributed by atoms with Crippen LogP contribution in [0.4, 0.5) is 16.3 Å². The molecule has 2 fully saturated rings. The molecule has 2 bridgehead atoms. The third-order valence-electron chi connectivity index (χ3n) is 6.05. The smallest absolute Gasteiger partial charge is 0.323 e. The minimum atomic E-state index is 0.0188. The van der Waals surface area contributed by atoms with Crippen molar-refractivity contribution in [2.75, 3.05) is 22.9 Å². The molecular weight excluding hydrogens is 338 g/mol. The number of carbonyl (C=O) groups is 1. The number of hydrogen-bond acceptors (Lipinski definition) is 4. The van der Waals surface area contributed by atoms with Crippen LogP contribution in [0, 0.1) is 6.92 Å². The topological polar surface area (TPSA) is 61.4 Å². The second-order valence-electron chi connectivity index (χ2n) is 7.91. The van der Waals surface area contributed by atoms with E-state index in [9.17, 15) is 4.79 Å². The SMILES string of the molecule is Cc1cc(-c2ccc3c(n2)N(C(=O)NC2CCCC2)[C@H]2CCN3C2)ccn1. The van der Waals surface area contributed by atoms with E-state index in [-0.39, 0.29) is 12.1 Å². The van der Waals surface area contributed by atoms with E-state index in [0.29, 0.717) is 6.04 Å². The van der Waals surface area contributed by atoms with E-state index in [2.05, 4.69) is 27.3 Å². The van der Waals surface area contributed by atoms with Crippen molar-refractivity contribution in [2.45, 2.75) is 51.1 Å². The summed E-state index contributed by atoms with van der Waals surface area (Å²) in [6.07, 6.45) is 7.41. The summed E-state index contributed by atoms with van der Waals surface area (Å²) in [6, 6.07) is 8.72. The van der Waals surface area contributed by atoms with Crippen molar-refractivity contribution in [3.8, 4) is 11.3 Å². The number of nitrogens with one attached hydrogen (secondary N) is 1. The number of fused-ring (bicyclic) bond motifs is 4. The molecule has 1 saturated heterocycles. The first-order chi connectivity index (χ1) is 13.2. The minimum absolute atomic E-state index is 0.0188. The Kier molecular flexibility index (Phi) is 3.99. The summed E-state index contributed by atoms with van der Waals surface area (Å²) in [4.78, 5) is 26.6. The first-order valence-electron chi connectivity index (χ1n) is 9.98. The van der Waals surface area contributed by atoms with Crippen molar-refractivity contribution in [3.63, 3.8) is 0 Å². The Morgan fingerprint density at radius 1 is 1.19 bits per heavy atom. The van der Waals surface area contributed by atoms with Crippen LogP contribution in [-0.4, -0.2) is 41.2 Å². The third kappa shape index (κ3) is 2.93. The van der Waals surface area contributed by atoms with Crippen LogP contribution < -0.4 is 15.1 Å². The predicted octanol–water partition coefficient (Wildman–Crippen LogP) is 3.50. The molecule has 27 heavy (non-hydrogen) atoms. The number of carbonyl (C=O) groups excluding carboxylic acids is 1. The highest BCUT2D eigenvalue weighted by Crippen LogP contribution is 2.40. The van der Waals surface area contributed by atoms with Crippen molar-refractivity contribution in [3.05, 3.63) is 36.2 Å². The molecule has 3 aliphatic rings. The minimum Gasteiger partial charge on any atom is -0.366 e. The second kappa shape index (κ2) is 6.51. The van der Waals surface area contributed by atoms with Gasteiger partial charge in [0, 0.05) is 36.6 Å². The Hall–Kier alpha value is -2.63. The van der Waals surface area contributed by atoms with Crippen molar-refractivity contribution in [2.24, 2.45) is 0 Å². The standard InChI is InChI=1S/C21H25N5O/c1-14-12-15(8-10-22-14)18-6-7-19-20(24-18)26(17-9-11-25(19)13-17)21(27)23-16-4-2-3-5-16/h6-8,10,12,16-17H,2-5,9,11,13H2,1H3,(H,23,27)/t17-/m0/s1. The summed E-state index contributed by atoms with van der Waals surface area (Å²) in [5, 5.41) is 3.26. The van der Waals surface area contributed by atoms with Gasteiger partial charge in [-0.1, -0.05) is 12.8 Å². The van der Waals surface area contributed by atoms with Gasteiger partial charge in [-0.2, -0.15) is 0 Å². The lowest BCUT2D eigenvalue weighted by Crippen LogP contribution is -2.52. The van der Waals surface area contributed by atoms with Crippen molar-refractivity contribution in [1.82, 2.24) is 15.3 Å². The lowest BCUT2D eigenvalue weighted by molar-refractivity contribution is 0.240. The molecule has 6 heteroatoms. The zero-order valence-corrected chi connectivity index (χ0v) is 15.7. The molecule has 0 radical (unpaired) electrons. The Morgan fingerprint density at radius 3 is 2.85 bits per heavy atom. The quantitative estimate of drug-likeness (QED) is 0.887. The van der Waals surface area contributed by atoms with Crippen LogP contribution in [0.5, 0.6) is 0 Å². The summed E-state index contributed by atoms with van der Waals surface area (Å²) >= 11 is 0. The molecule has 2 aliphatic heterocycles. The number of aromatic nitrogens is 2. The highest BCUT2D eigenvalue weighted by molar-refractivity contribution is 5.97. The molecule has 2 amide bonds. The summed E-state index contributed by atoms with van der Waals surface area (Å²) in [6.45, 7) is 3.87. The normalized spacial score (nSPS) is 21.4. The van der Waals surface area contributed by atoms with Gasteiger partial charge in [-0.15, -0.1) is 0 Å². The lowest BCUT2D eigenvalue weighted by Gasteiger charge is -2.36. The fourth-order valence-corrected chi connectivity index (χ4v) is 4.65. The number of pyridine rings is 2. The van der Waals surface area contributed by atoms with Gasteiger partial charge in [0.2, 0.25) is 0 Å². The van der Waals surface area contributed by atoms with E-state index in [1.54, 1.807) is 0 Å². The molecule has 0 aromatic carbocycles. The second-order valence-corrected chi connectivity index (χ2v) is 7.91. The zero-order chi connectivity index (χ0) is 18.4. The highest BCUT2D eigenvalue weighted by Gasteiger charge is 2.40. The molecule has 2 aromatic heterocycles. The summed E-state index contributed by atoms with van der Waals surface area (Å²) in [5.74, 6) is 0.797. The Bertz CT molecular complexity index is 877. The van der Waals surface area contributed by atoms with E-state index in [0.717, 1.165) is 60.8 Å². The molecule has 2 aromatic rings. The van der Waals surface area contributed by atoms with Crippen LogP contribution in [-0.2, 0) is 0 Å². The molecule has 1 N–H and O–H groups in total. The van der Waals surface area contributed by atoms with Gasteiger partial charge in [0.1, 0.15) is 0 Å². The molecule has 1 aliphatic carbocycles. The summed E-state index contributed by atoms with van der Waals surface area (Å²) in [7, 11) is 0. The Labute approximate surface area is 159 Å². The van der Waals surface area contributed by atoms with Gasteiger partial charge in [0.05, 0.1) is 17.4 Å². The van der Waals surface area contributed by atoms with Gasteiger partial charge in [0.25, 0.3) is 0 Å². The number of rotatable bonds is 2. The summed E-state index contributed by atoms with van der Waals surface area (Å²) in [5.41, 5.74) is 3.96. The van der Waals surface area contributed by atoms with Crippen molar-refractivity contribution in [1.29, 1.82) is 0 Å². The lowest BCUT2D eigenvalue weighted by atomic mass is 10.1. The maximum Gasteiger partial charge on any atom is 0.323 e. The van der Waals surface area contributed by atoms with Gasteiger partial charge in [-0.3, -0.25) is 9.88 Å². The number of nitrogens with zero attached hydrogens (tertiary/aromatic N) is 4. The monoisotopic (exact) mass is 363 g/mol. The van der Waals surface area contributed by atoms with E-state index >= 15 is 0 Å². The van der Waals surface area contributed by atoms with Gasteiger partial charge in [-0.25, -0.2) is 9.78 Å². The van der Waals surface area contributed by atoms with Crippen LogP contribution in [0.1, 0.15) is 37.8 Å². The van der Waals surface area contributed by atoms with E-state index in [1.807, 2.05) is 30.2 Å². The molecule has 0 spiro atoms. The highest BCUT2D eigenvalue weighted by atomic mass is 16.2. The van der Waals surface area contributed by atoms with Gasteiger partial charge >= 0.3 is 6.03 Å². The van der Waals surface area contributed by atoms with Crippen molar-refractivity contribution >= 4 is 17.5 Å². The molecule has 5 rings (SSSR count). The van der Waals surface area contributed by atoms with Crippen LogP contribution in [0.25, 0.3) is 11.3 Å². The van der Waals surface area contributed by atoms with Gasteiger partial charge in [0.15, 0.2) is 5.82 Å². The molecule has 1 atom stereocenters. The van der Waals surface area contributed by atoms with Crippen LogP contribution in [0.15, 0.2) is 30.5 Å². The predicted molar refractivity (Wildman–Crippen MR) is 106 cm³/mol. The third-order valence-corrected chi connectivity index (χ3v) is 6.05. The largest absolute Gasteiger partial charge is 0.366 e. The molecule has 1 saturated carbocycles. The fourth-order valence-electron chi connectivity index (χ4n) is 4.65. The maximum absolute atomic E-state index is 13.2. The van der Waals surface area contributed by atoms with E-state index in [1.165, 1.54) is 12.8 Å². The first-order valence-corrected chi connectivity index (χ1v) is 9.98. The average Bonchev–Trinajstić information content (AvgIpc) is 3.32. The van der Waals surface area contributed by atoms with Crippen LogP contribution in [0.2, 0.25) is 0 Å². The average molecular weight is 363 g/mol. The number of amides is 2. The number of aryl methyl sites for hydroxylation is 1. The van der Waals surface area contributed by atoms with Gasteiger partial charge in [-0.05, 0) is 50.5 Å². The van der Waals surface area contributed by atoms with E-state index < -0.39 is 0 Å². The first kappa shape index (κ1) is 16.5. The molecule has 140 valence electrons. The zero-order valence-electron chi connectivity index (χ0n) is 15.7. The Balaban J connectivity index is 1.52. The number of urea groups is 1. The molecule has 6 nitrogen and oxygen atoms in total.